The maximum absolute atomic E-state index is 14.1. The van der Waals surface area contributed by atoms with Gasteiger partial charge < -0.3 is 14.4 Å². The highest BCUT2D eigenvalue weighted by atomic mass is 32.2. The Morgan fingerprint density at radius 2 is 1.89 bits per heavy atom. The van der Waals surface area contributed by atoms with Gasteiger partial charge >= 0.3 is 0 Å². The smallest absolute Gasteiger partial charge is 0.267 e. The summed E-state index contributed by atoms with van der Waals surface area (Å²) >= 11 is 2.88. The number of aryl methyl sites for hydroxylation is 1. The van der Waals surface area contributed by atoms with Crippen molar-refractivity contribution in [1.29, 1.82) is 0 Å². The molecule has 2 aromatic heterocycles. The summed E-state index contributed by atoms with van der Waals surface area (Å²) in [5, 5.41) is 0.855. The molecule has 35 heavy (non-hydrogen) atoms. The summed E-state index contributed by atoms with van der Waals surface area (Å²) in [6.07, 6.45) is 0.809. The van der Waals surface area contributed by atoms with E-state index in [1.54, 1.807) is 4.57 Å². The monoisotopic (exact) mass is 513 g/mol. The van der Waals surface area contributed by atoms with Crippen LogP contribution in [0.1, 0.15) is 36.8 Å². The first-order valence-electron chi connectivity index (χ1n) is 12.1. The Morgan fingerprint density at radius 3 is 2.57 bits per heavy atom. The van der Waals surface area contributed by atoms with E-state index in [2.05, 4.69) is 13.8 Å². The van der Waals surface area contributed by atoms with Gasteiger partial charge in [-0.3, -0.25) is 14.2 Å². The third-order valence-corrected chi connectivity index (χ3v) is 8.84. The first kappa shape index (κ1) is 24.5. The minimum absolute atomic E-state index is 0.0433. The van der Waals surface area contributed by atoms with E-state index in [9.17, 15) is 9.59 Å². The van der Waals surface area contributed by atoms with Gasteiger partial charge in [0.2, 0.25) is 5.91 Å². The molecule has 1 saturated heterocycles. The molecule has 1 amide bonds. The highest BCUT2D eigenvalue weighted by Gasteiger charge is 2.30. The van der Waals surface area contributed by atoms with Crippen molar-refractivity contribution in [3.63, 3.8) is 0 Å². The van der Waals surface area contributed by atoms with Crippen molar-refractivity contribution in [2.24, 2.45) is 5.92 Å². The second-order valence-electron chi connectivity index (χ2n) is 9.55. The number of hydrogen-bond acceptors (Lipinski definition) is 7. The molecule has 1 fully saturated rings. The van der Waals surface area contributed by atoms with E-state index >= 15 is 0 Å². The maximum Gasteiger partial charge on any atom is 0.267 e. The second-order valence-corrected chi connectivity index (χ2v) is 11.9. The van der Waals surface area contributed by atoms with Gasteiger partial charge in [-0.2, -0.15) is 0 Å². The minimum Gasteiger partial charge on any atom is -0.378 e. The summed E-state index contributed by atoms with van der Waals surface area (Å²) in [5.41, 5.74) is 2.87. The molecule has 9 heteroatoms. The molecule has 0 unspecified atom stereocenters. The third-order valence-electron chi connectivity index (χ3n) is 6.70. The molecular weight excluding hydrogens is 482 g/mol. The van der Waals surface area contributed by atoms with Gasteiger partial charge in [0.25, 0.3) is 5.56 Å². The van der Waals surface area contributed by atoms with Crippen LogP contribution in [0.15, 0.2) is 34.2 Å². The number of rotatable bonds is 5. The van der Waals surface area contributed by atoms with Crippen LogP contribution in [0.3, 0.4) is 0 Å². The standard InChI is InChI=1S/C26H31N3O4S2/c1-15(2)20-13-19-21(14-33-20)35-23-22(19)25(31)29(18-7-5-16(3)6-8-18)26(27-23)34-17(4)24(30)28-9-11-32-12-10-28/h5-8,15,17,20H,9-14H2,1-4H3/t17-,20-/m1/s1. The zero-order chi connectivity index (χ0) is 24.7. The van der Waals surface area contributed by atoms with Gasteiger partial charge in [0.1, 0.15) is 4.83 Å². The van der Waals surface area contributed by atoms with Crippen LogP contribution in [-0.4, -0.2) is 58.0 Å². The number of benzene rings is 1. The highest BCUT2D eigenvalue weighted by Crippen LogP contribution is 2.37. The van der Waals surface area contributed by atoms with Crippen molar-refractivity contribution in [2.75, 3.05) is 26.3 Å². The normalized spacial score (nSPS) is 19.2. The Labute approximate surface area is 213 Å². The van der Waals surface area contributed by atoms with Gasteiger partial charge in [-0.15, -0.1) is 11.3 Å². The van der Waals surface area contributed by atoms with Crippen LogP contribution in [0.4, 0.5) is 0 Å². The molecule has 0 bridgehead atoms. The van der Waals surface area contributed by atoms with E-state index in [0.717, 1.165) is 32.9 Å². The van der Waals surface area contributed by atoms with Crippen LogP contribution < -0.4 is 5.56 Å². The van der Waals surface area contributed by atoms with Crippen molar-refractivity contribution in [3.05, 3.63) is 50.6 Å². The molecule has 7 nitrogen and oxygen atoms in total. The predicted octanol–water partition coefficient (Wildman–Crippen LogP) is 4.19. The molecule has 0 aliphatic carbocycles. The number of hydrogen-bond donors (Lipinski definition) is 0. The Morgan fingerprint density at radius 1 is 1.17 bits per heavy atom. The van der Waals surface area contributed by atoms with Crippen molar-refractivity contribution in [1.82, 2.24) is 14.5 Å². The second kappa shape index (κ2) is 10.0. The van der Waals surface area contributed by atoms with Crippen LogP contribution in [0, 0.1) is 12.8 Å². The molecule has 2 aliphatic heterocycles. The predicted molar refractivity (Wildman–Crippen MR) is 140 cm³/mol. The molecule has 1 aromatic carbocycles. The third kappa shape index (κ3) is 4.79. The SMILES string of the molecule is Cc1ccc(-n2c(S[C@H](C)C(=O)N3CCOCC3)nc3sc4c(c3c2=O)C[C@H](C(C)C)OC4)cc1. The fourth-order valence-corrected chi connectivity index (χ4v) is 6.76. The summed E-state index contributed by atoms with van der Waals surface area (Å²) in [5.74, 6) is 0.411. The van der Waals surface area contributed by atoms with Crippen molar-refractivity contribution in [2.45, 2.75) is 57.2 Å². The lowest BCUT2D eigenvalue weighted by Crippen LogP contribution is -2.44. The van der Waals surface area contributed by atoms with Crippen LogP contribution in [0.5, 0.6) is 0 Å². The topological polar surface area (TPSA) is 73.7 Å². The van der Waals surface area contributed by atoms with Crippen LogP contribution in [0.25, 0.3) is 15.9 Å². The number of morpholine rings is 1. The fraction of sp³-hybridized carbons (Fsp3) is 0.500. The number of thioether (sulfide) groups is 1. The Balaban J connectivity index is 1.60. The van der Waals surface area contributed by atoms with Gasteiger partial charge in [-0.25, -0.2) is 4.98 Å². The average Bonchev–Trinajstić information content (AvgIpc) is 3.23. The molecule has 0 radical (unpaired) electrons. The molecule has 3 aromatic rings. The summed E-state index contributed by atoms with van der Waals surface area (Å²) in [4.78, 5) is 35.8. The molecule has 0 spiro atoms. The van der Waals surface area contributed by atoms with Gasteiger partial charge in [-0.1, -0.05) is 43.3 Å². The van der Waals surface area contributed by atoms with E-state index in [1.807, 2.05) is 43.0 Å². The lowest BCUT2D eigenvalue weighted by molar-refractivity contribution is -0.134. The molecule has 4 heterocycles. The zero-order valence-corrected chi connectivity index (χ0v) is 22.2. The number of thiophene rings is 1. The summed E-state index contributed by atoms with van der Waals surface area (Å²) in [7, 11) is 0. The molecular formula is C26H31N3O4S2. The number of ether oxygens (including phenoxy) is 2. The van der Waals surface area contributed by atoms with Crippen LogP contribution >= 0.6 is 23.1 Å². The van der Waals surface area contributed by atoms with Gasteiger partial charge in [-0.05, 0) is 37.5 Å². The molecule has 2 atom stereocenters. The Bertz CT molecular complexity index is 1290. The number of fused-ring (bicyclic) bond motifs is 3. The molecule has 5 rings (SSSR count). The number of carbonyl (C=O) groups is 1. The summed E-state index contributed by atoms with van der Waals surface area (Å²) in [6.45, 7) is 11.0. The van der Waals surface area contributed by atoms with Gasteiger partial charge in [0, 0.05) is 24.4 Å². The Kier molecular flexibility index (Phi) is 7.03. The molecule has 0 saturated carbocycles. The van der Waals surface area contributed by atoms with E-state index in [0.29, 0.717) is 49.4 Å². The summed E-state index contributed by atoms with van der Waals surface area (Å²) < 4.78 is 13.1. The number of nitrogens with zero attached hydrogens (tertiary/aromatic N) is 3. The van der Waals surface area contributed by atoms with Crippen molar-refractivity contribution < 1.29 is 14.3 Å². The lowest BCUT2D eigenvalue weighted by Gasteiger charge is -2.29. The highest BCUT2D eigenvalue weighted by molar-refractivity contribution is 8.00. The zero-order valence-electron chi connectivity index (χ0n) is 20.6. The van der Waals surface area contributed by atoms with Gasteiger partial charge in [0.15, 0.2) is 5.16 Å². The van der Waals surface area contributed by atoms with E-state index in [-0.39, 0.29) is 22.8 Å². The average molecular weight is 514 g/mol. The van der Waals surface area contributed by atoms with Gasteiger partial charge in [0.05, 0.1) is 42.2 Å². The Hall–Kier alpha value is -2.20. The number of amides is 1. The first-order valence-corrected chi connectivity index (χ1v) is 13.8. The maximum atomic E-state index is 14.1. The molecule has 0 N–H and O–H groups in total. The van der Waals surface area contributed by atoms with Crippen LogP contribution in [-0.2, 0) is 27.3 Å². The van der Waals surface area contributed by atoms with Crippen LogP contribution in [0.2, 0.25) is 0 Å². The largest absolute Gasteiger partial charge is 0.378 e. The fourth-order valence-electron chi connectivity index (χ4n) is 4.59. The lowest BCUT2D eigenvalue weighted by atomic mass is 9.96. The van der Waals surface area contributed by atoms with E-state index < -0.39 is 0 Å². The van der Waals surface area contributed by atoms with E-state index in [4.69, 9.17) is 14.5 Å². The van der Waals surface area contributed by atoms with E-state index in [1.165, 1.54) is 23.1 Å². The molecule has 2 aliphatic rings. The minimum atomic E-state index is -0.377. The quantitative estimate of drug-likeness (QED) is 0.376. The summed E-state index contributed by atoms with van der Waals surface area (Å²) in [6, 6.07) is 7.88. The van der Waals surface area contributed by atoms with Crippen molar-refractivity contribution in [3.8, 4) is 5.69 Å². The van der Waals surface area contributed by atoms with Crippen molar-refractivity contribution >= 4 is 39.2 Å². The number of carbonyl (C=O) groups excluding carboxylic acids is 1. The number of aromatic nitrogens is 2. The first-order chi connectivity index (χ1) is 16.8. The molecule has 186 valence electrons.